The monoisotopic (exact) mass is 478 g/mol. The molecule has 1 saturated carbocycles. The number of fused-ring (bicyclic) bond motifs is 3. The second kappa shape index (κ2) is 10.5. The number of hydrogen-bond acceptors (Lipinski definition) is 4. The van der Waals surface area contributed by atoms with Gasteiger partial charge in [0.2, 0.25) is 5.91 Å². The van der Waals surface area contributed by atoms with E-state index in [-0.39, 0.29) is 18.4 Å². The highest BCUT2D eigenvalue weighted by molar-refractivity contribution is 5.91. The van der Waals surface area contributed by atoms with E-state index in [0.29, 0.717) is 12.8 Å². The fraction of sp³-hybridized carbons (Fsp3) is 0.464. The summed E-state index contributed by atoms with van der Waals surface area (Å²) in [6.07, 6.45) is 3.50. The first-order valence-electron chi connectivity index (χ1n) is 12.5. The molecule has 186 valence electrons. The van der Waals surface area contributed by atoms with Gasteiger partial charge in [-0.2, -0.15) is 0 Å². The molecule has 7 heteroatoms. The maximum atomic E-state index is 13.2. The molecule has 4 rings (SSSR count). The summed E-state index contributed by atoms with van der Waals surface area (Å²) in [4.78, 5) is 38.0. The van der Waals surface area contributed by atoms with Crippen LogP contribution in [0.3, 0.4) is 0 Å². The molecule has 0 radical (unpaired) electrons. The largest absolute Gasteiger partial charge is 0.480 e. The summed E-state index contributed by atoms with van der Waals surface area (Å²) in [6, 6.07) is 15.3. The van der Waals surface area contributed by atoms with Crippen molar-refractivity contribution in [3.05, 3.63) is 59.7 Å². The molecule has 2 aromatic carbocycles. The van der Waals surface area contributed by atoms with E-state index >= 15 is 0 Å². The Balaban J connectivity index is 1.42. The molecule has 0 aliphatic heterocycles. The lowest BCUT2D eigenvalue weighted by molar-refractivity contribution is -0.148. The first kappa shape index (κ1) is 24.8. The highest BCUT2D eigenvalue weighted by atomic mass is 16.5. The van der Waals surface area contributed by atoms with Gasteiger partial charge >= 0.3 is 12.1 Å². The minimum absolute atomic E-state index is 0.0826. The molecule has 0 bridgehead atoms. The van der Waals surface area contributed by atoms with Crippen molar-refractivity contribution in [2.45, 2.75) is 69.9 Å². The molecule has 3 N–H and O–H groups in total. The molecule has 2 aliphatic rings. The maximum Gasteiger partial charge on any atom is 0.407 e. The Morgan fingerprint density at radius 3 is 2.00 bits per heavy atom. The van der Waals surface area contributed by atoms with E-state index in [1.54, 1.807) is 0 Å². The van der Waals surface area contributed by atoms with Gasteiger partial charge in [-0.05, 0) is 41.0 Å². The Hall–Kier alpha value is -3.35. The van der Waals surface area contributed by atoms with Crippen molar-refractivity contribution in [2.75, 3.05) is 6.61 Å². The average molecular weight is 479 g/mol. The van der Waals surface area contributed by atoms with Crippen molar-refractivity contribution < 1.29 is 24.2 Å². The summed E-state index contributed by atoms with van der Waals surface area (Å²) in [5.74, 6) is -1.83. The van der Waals surface area contributed by atoms with Crippen molar-refractivity contribution in [1.29, 1.82) is 0 Å². The summed E-state index contributed by atoms with van der Waals surface area (Å²) in [7, 11) is 0. The molecule has 2 aromatic rings. The number of aliphatic carboxylic acids is 1. The first-order valence-corrected chi connectivity index (χ1v) is 12.5. The third-order valence-corrected chi connectivity index (χ3v) is 7.30. The molecular formula is C28H34N2O5. The van der Waals surface area contributed by atoms with Gasteiger partial charge in [0, 0.05) is 5.92 Å². The predicted octanol–water partition coefficient (Wildman–Crippen LogP) is 4.84. The summed E-state index contributed by atoms with van der Waals surface area (Å²) in [5, 5.41) is 15.4. The van der Waals surface area contributed by atoms with Crippen LogP contribution in [-0.4, -0.2) is 41.3 Å². The van der Waals surface area contributed by atoms with Crippen LogP contribution in [0.1, 0.15) is 69.4 Å². The van der Waals surface area contributed by atoms with Crippen LogP contribution >= 0.6 is 0 Å². The van der Waals surface area contributed by atoms with Gasteiger partial charge in [0.05, 0.1) is 0 Å². The van der Waals surface area contributed by atoms with Crippen molar-refractivity contribution in [1.82, 2.24) is 10.6 Å². The van der Waals surface area contributed by atoms with Crippen LogP contribution < -0.4 is 10.6 Å². The molecule has 2 amide bonds. The lowest BCUT2D eigenvalue weighted by Gasteiger charge is -2.32. The lowest BCUT2D eigenvalue weighted by Crippen LogP contribution is -2.60. The van der Waals surface area contributed by atoms with Gasteiger partial charge in [-0.15, -0.1) is 0 Å². The first-order chi connectivity index (χ1) is 16.8. The van der Waals surface area contributed by atoms with E-state index in [1.807, 2.05) is 50.2 Å². The molecule has 0 aromatic heterocycles. The highest BCUT2D eigenvalue weighted by Gasteiger charge is 2.42. The van der Waals surface area contributed by atoms with Crippen molar-refractivity contribution in [3.8, 4) is 11.1 Å². The van der Waals surface area contributed by atoms with Gasteiger partial charge in [-0.25, -0.2) is 9.59 Å². The summed E-state index contributed by atoms with van der Waals surface area (Å²) in [6.45, 7) is 3.77. The van der Waals surface area contributed by atoms with Gasteiger partial charge in [-0.3, -0.25) is 4.79 Å². The maximum absolute atomic E-state index is 13.2. The molecule has 2 aliphatic carbocycles. The fourth-order valence-electron chi connectivity index (χ4n) is 5.34. The van der Waals surface area contributed by atoms with Crippen LogP contribution in [0.25, 0.3) is 11.1 Å². The molecule has 7 nitrogen and oxygen atoms in total. The zero-order chi connectivity index (χ0) is 25.0. The second-order valence-corrected chi connectivity index (χ2v) is 9.98. The number of alkyl carbamates (subject to hydrolysis) is 1. The van der Waals surface area contributed by atoms with Gasteiger partial charge < -0.3 is 20.5 Å². The number of ether oxygens (including phenoxy) is 1. The smallest absolute Gasteiger partial charge is 0.407 e. The highest BCUT2D eigenvalue weighted by Crippen LogP contribution is 2.44. The third kappa shape index (κ3) is 5.19. The summed E-state index contributed by atoms with van der Waals surface area (Å²) in [5.41, 5.74) is 3.20. The molecule has 1 atom stereocenters. The molecule has 0 saturated heterocycles. The fourth-order valence-corrected chi connectivity index (χ4v) is 5.34. The number of carboxylic acid groups (broad SMARTS) is 1. The third-order valence-electron chi connectivity index (χ3n) is 7.30. The van der Waals surface area contributed by atoms with Crippen LogP contribution in [0.15, 0.2) is 48.5 Å². The Bertz CT molecular complexity index is 1040. The van der Waals surface area contributed by atoms with Crippen molar-refractivity contribution in [2.24, 2.45) is 5.92 Å². The zero-order valence-corrected chi connectivity index (χ0v) is 20.4. The van der Waals surface area contributed by atoms with E-state index in [0.717, 1.165) is 47.9 Å². The standard InChI is InChI=1S/C28H34N2O5/c1-18(2)24(25(31)30-28(26(32)33)15-9-3-4-10-16-28)29-27(34)35-17-23-21-13-7-5-11-19(21)20-12-6-8-14-22(20)23/h5-8,11-14,18,23-24H,3-4,9-10,15-17H2,1-2H3,(H,29,34)(H,30,31)(H,32,33). The quantitative estimate of drug-likeness (QED) is 0.494. The van der Waals surface area contributed by atoms with Crippen molar-refractivity contribution in [3.63, 3.8) is 0 Å². The zero-order valence-electron chi connectivity index (χ0n) is 20.4. The van der Waals surface area contributed by atoms with E-state index in [4.69, 9.17) is 4.74 Å². The molecular weight excluding hydrogens is 444 g/mol. The Kier molecular flexibility index (Phi) is 7.43. The van der Waals surface area contributed by atoms with E-state index in [9.17, 15) is 19.5 Å². The van der Waals surface area contributed by atoms with Crippen LogP contribution in [0.4, 0.5) is 4.79 Å². The van der Waals surface area contributed by atoms with Crippen LogP contribution in [-0.2, 0) is 14.3 Å². The number of carbonyl (C=O) groups is 3. The Morgan fingerprint density at radius 2 is 1.49 bits per heavy atom. The van der Waals surface area contributed by atoms with Gasteiger partial charge in [0.25, 0.3) is 0 Å². The Morgan fingerprint density at radius 1 is 0.943 bits per heavy atom. The SMILES string of the molecule is CC(C)C(NC(=O)OCC1c2ccccc2-c2ccccc21)C(=O)NC1(C(=O)O)CCCCCC1. The van der Waals surface area contributed by atoms with Crippen LogP contribution in [0.2, 0.25) is 0 Å². The number of rotatable bonds is 7. The number of hydrogen-bond donors (Lipinski definition) is 3. The normalized spacial score (nSPS) is 17.6. The Labute approximate surface area is 206 Å². The number of nitrogens with one attached hydrogen (secondary N) is 2. The predicted molar refractivity (Wildman–Crippen MR) is 133 cm³/mol. The summed E-state index contributed by atoms with van der Waals surface area (Å²) >= 11 is 0. The van der Waals surface area contributed by atoms with Crippen LogP contribution in [0.5, 0.6) is 0 Å². The molecule has 0 heterocycles. The van der Waals surface area contributed by atoms with E-state index in [1.165, 1.54) is 0 Å². The number of carbonyl (C=O) groups excluding carboxylic acids is 2. The molecule has 1 fully saturated rings. The second-order valence-electron chi connectivity index (χ2n) is 9.98. The van der Waals surface area contributed by atoms with Gasteiger partial charge in [0.15, 0.2) is 0 Å². The van der Waals surface area contributed by atoms with Crippen LogP contribution in [0, 0.1) is 5.92 Å². The number of amides is 2. The lowest BCUT2D eigenvalue weighted by atomic mass is 9.89. The number of carboxylic acids is 1. The van der Waals surface area contributed by atoms with E-state index in [2.05, 4.69) is 22.8 Å². The van der Waals surface area contributed by atoms with Gasteiger partial charge in [0.1, 0.15) is 18.2 Å². The van der Waals surface area contributed by atoms with E-state index < -0.39 is 29.6 Å². The molecule has 0 spiro atoms. The topological polar surface area (TPSA) is 105 Å². The number of benzene rings is 2. The summed E-state index contributed by atoms with van der Waals surface area (Å²) < 4.78 is 5.61. The average Bonchev–Trinajstić information content (AvgIpc) is 2.97. The minimum Gasteiger partial charge on any atom is -0.480 e. The minimum atomic E-state index is -1.29. The molecule has 1 unspecified atom stereocenters. The van der Waals surface area contributed by atoms with Gasteiger partial charge in [-0.1, -0.05) is 88.1 Å². The van der Waals surface area contributed by atoms with Crippen molar-refractivity contribution >= 4 is 18.0 Å². The molecule has 35 heavy (non-hydrogen) atoms.